The Morgan fingerprint density at radius 1 is 0.905 bits per heavy atom. The third-order valence-electron chi connectivity index (χ3n) is 2.96. The topological polar surface area (TPSA) is 91.2 Å². The summed E-state index contributed by atoms with van der Waals surface area (Å²) in [6.45, 7) is 0. The van der Waals surface area contributed by atoms with E-state index in [2.05, 4.69) is 27.7 Å². The third-order valence-corrected chi connectivity index (χ3v) is 2.96. The summed E-state index contributed by atoms with van der Waals surface area (Å²) in [5.41, 5.74) is 2.61. The highest BCUT2D eigenvalue weighted by Gasteiger charge is 2.11. The quantitative estimate of drug-likeness (QED) is 0.712. The van der Waals surface area contributed by atoms with E-state index in [1.165, 1.54) is 0 Å². The molecule has 0 saturated carbocycles. The van der Waals surface area contributed by atoms with Crippen LogP contribution in [0.25, 0.3) is 17.1 Å². The molecule has 6 nitrogen and oxygen atoms in total. The van der Waals surface area contributed by atoms with Crippen molar-refractivity contribution in [3.8, 4) is 29.2 Å². The van der Waals surface area contributed by atoms with Crippen LogP contribution in [0.15, 0.2) is 48.5 Å². The van der Waals surface area contributed by atoms with E-state index >= 15 is 0 Å². The molecule has 0 saturated heterocycles. The zero-order chi connectivity index (χ0) is 14.7. The Bertz CT molecular complexity index is 864. The number of rotatable bonds is 2. The maximum absolute atomic E-state index is 8.96. The Kier molecular flexibility index (Phi) is 3.12. The monoisotopic (exact) mass is 272 g/mol. The van der Waals surface area contributed by atoms with Crippen LogP contribution in [0.5, 0.6) is 0 Å². The first-order chi connectivity index (χ1) is 10.3. The van der Waals surface area contributed by atoms with Crippen LogP contribution >= 0.6 is 0 Å². The van der Waals surface area contributed by atoms with Crippen molar-refractivity contribution in [2.24, 2.45) is 0 Å². The number of hydrogen-bond donors (Lipinski definition) is 0. The smallest absolute Gasteiger partial charge is 0.187 e. The summed E-state index contributed by atoms with van der Waals surface area (Å²) in [5.74, 6) is 0.551. The predicted molar refractivity (Wildman–Crippen MR) is 74.0 cm³/mol. The highest BCUT2D eigenvalue weighted by molar-refractivity contribution is 5.59. The van der Waals surface area contributed by atoms with E-state index in [9.17, 15) is 0 Å². The van der Waals surface area contributed by atoms with Gasteiger partial charge in [0.1, 0.15) is 0 Å². The van der Waals surface area contributed by atoms with Gasteiger partial charge in [0.25, 0.3) is 0 Å². The molecule has 3 rings (SSSR count). The molecule has 6 heteroatoms. The summed E-state index contributed by atoms with van der Waals surface area (Å²) in [6, 6.07) is 18.2. The Morgan fingerprint density at radius 3 is 2.38 bits per heavy atom. The molecule has 0 unspecified atom stereocenters. The minimum atomic E-state index is 0.536. The first kappa shape index (κ1) is 12.5. The Labute approximate surface area is 120 Å². The van der Waals surface area contributed by atoms with Gasteiger partial charge in [-0.15, -0.1) is 5.10 Å². The zero-order valence-electron chi connectivity index (χ0n) is 10.8. The molecule has 0 spiro atoms. The van der Waals surface area contributed by atoms with E-state index in [1.807, 2.05) is 6.07 Å². The molecular weight excluding hydrogens is 264 g/mol. The van der Waals surface area contributed by atoms with E-state index in [1.54, 1.807) is 47.1 Å². The molecule has 0 aliphatic rings. The SMILES string of the molecule is N#Cc1ccc(-c2nnnn2-c2cccc(C#N)c2)cc1. The van der Waals surface area contributed by atoms with Gasteiger partial charge in [0, 0.05) is 5.56 Å². The van der Waals surface area contributed by atoms with Crippen LogP contribution in [0.2, 0.25) is 0 Å². The van der Waals surface area contributed by atoms with Gasteiger partial charge in [0.15, 0.2) is 5.82 Å². The lowest BCUT2D eigenvalue weighted by Crippen LogP contribution is -2.00. The second kappa shape index (κ2) is 5.24. The van der Waals surface area contributed by atoms with Crippen molar-refractivity contribution in [2.75, 3.05) is 0 Å². The second-order valence-corrected chi connectivity index (χ2v) is 4.27. The number of hydrogen-bond acceptors (Lipinski definition) is 5. The van der Waals surface area contributed by atoms with Crippen molar-refractivity contribution < 1.29 is 0 Å². The van der Waals surface area contributed by atoms with Gasteiger partial charge in [-0.2, -0.15) is 15.2 Å². The number of nitrogens with zero attached hydrogens (tertiary/aromatic N) is 6. The van der Waals surface area contributed by atoms with Crippen molar-refractivity contribution in [3.05, 3.63) is 59.7 Å². The largest absolute Gasteiger partial charge is 0.193 e. The summed E-state index contributed by atoms with van der Waals surface area (Å²) in [6.07, 6.45) is 0. The molecule has 0 N–H and O–H groups in total. The van der Waals surface area contributed by atoms with Gasteiger partial charge in [0.05, 0.1) is 29.0 Å². The lowest BCUT2D eigenvalue weighted by atomic mass is 10.1. The second-order valence-electron chi connectivity index (χ2n) is 4.27. The van der Waals surface area contributed by atoms with Gasteiger partial charge < -0.3 is 0 Å². The predicted octanol–water partition coefficient (Wildman–Crippen LogP) is 2.07. The Morgan fingerprint density at radius 2 is 1.67 bits per heavy atom. The molecule has 98 valence electrons. The zero-order valence-corrected chi connectivity index (χ0v) is 10.8. The maximum Gasteiger partial charge on any atom is 0.187 e. The standard InChI is InChI=1S/C15H8N6/c16-9-11-4-6-13(7-5-11)15-18-19-20-21(15)14-3-1-2-12(8-14)10-17/h1-8H. The molecule has 0 aliphatic carbocycles. The normalized spacial score (nSPS) is 9.81. The van der Waals surface area contributed by atoms with Crippen LogP contribution in [-0.4, -0.2) is 20.2 Å². The number of aromatic nitrogens is 4. The van der Waals surface area contributed by atoms with Crippen LogP contribution in [0.1, 0.15) is 11.1 Å². The van der Waals surface area contributed by atoms with E-state index in [4.69, 9.17) is 10.5 Å². The minimum Gasteiger partial charge on any atom is -0.193 e. The van der Waals surface area contributed by atoms with Gasteiger partial charge in [-0.3, -0.25) is 0 Å². The van der Waals surface area contributed by atoms with Crippen LogP contribution in [0.3, 0.4) is 0 Å². The first-order valence-corrected chi connectivity index (χ1v) is 6.11. The maximum atomic E-state index is 8.96. The van der Waals surface area contributed by atoms with Gasteiger partial charge in [0.2, 0.25) is 0 Å². The lowest BCUT2D eigenvalue weighted by Gasteiger charge is -2.04. The van der Waals surface area contributed by atoms with Crippen molar-refractivity contribution in [2.45, 2.75) is 0 Å². The molecule has 2 aromatic carbocycles. The molecule has 0 amide bonds. The molecule has 21 heavy (non-hydrogen) atoms. The molecular formula is C15H8N6. The first-order valence-electron chi connectivity index (χ1n) is 6.11. The van der Waals surface area contributed by atoms with Crippen LogP contribution < -0.4 is 0 Å². The molecule has 0 bridgehead atoms. The van der Waals surface area contributed by atoms with Gasteiger partial charge >= 0.3 is 0 Å². The fraction of sp³-hybridized carbons (Fsp3) is 0. The van der Waals surface area contributed by atoms with Crippen molar-refractivity contribution in [1.82, 2.24) is 20.2 Å². The van der Waals surface area contributed by atoms with Crippen molar-refractivity contribution >= 4 is 0 Å². The highest BCUT2D eigenvalue weighted by Crippen LogP contribution is 2.20. The van der Waals surface area contributed by atoms with E-state index < -0.39 is 0 Å². The van der Waals surface area contributed by atoms with Gasteiger partial charge in [-0.25, -0.2) is 0 Å². The third kappa shape index (κ3) is 2.34. The fourth-order valence-corrected chi connectivity index (χ4v) is 1.94. The summed E-state index contributed by atoms with van der Waals surface area (Å²) in [4.78, 5) is 0. The molecule has 1 heterocycles. The van der Waals surface area contributed by atoms with Crippen LogP contribution in [0, 0.1) is 22.7 Å². The fourth-order valence-electron chi connectivity index (χ4n) is 1.94. The van der Waals surface area contributed by atoms with Gasteiger partial charge in [-0.05, 0) is 52.9 Å². The lowest BCUT2D eigenvalue weighted by molar-refractivity contribution is 0.791. The summed E-state index contributed by atoms with van der Waals surface area (Å²) >= 11 is 0. The number of tetrazole rings is 1. The number of benzene rings is 2. The number of nitriles is 2. The summed E-state index contributed by atoms with van der Waals surface area (Å²) in [5, 5.41) is 29.4. The van der Waals surface area contributed by atoms with E-state index in [0.717, 1.165) is 5.56 Å². The molecule has 0 fully saturated rings. The Hall–Kier alpha value is -3.51. The highest BCUT2D eigenvalue weighted by atomic mass is 15.5. The molecule has 0 aliphatic heterocycles. The molecule has 0 atom stereocenters. The molecule has 3 aromatic rings. The summed E-state index contributed by atoms with van der Waals surface area (Å²) in [7, 11) is 0. The molecule has 1 aromatic heterocycles. The van der Waals surface area contributed by atoms with Gasteiger partial charge in [-0.1, -0.05) is 6.07 Å². The van der Waals surface area contributed by atoms with E-state index in [0.29, 0.717) is 22.6 Å². The van der Waals surface area contributed by atoms with Crippen molar-refractivity contribution in [1.29, 1.82) is 10.5 Å². The van der Waals surface area contributed by atoms with Crippen LogP contribution in [-0.2, 0) is 0 Å². The van der Waals surface area contributed by atoms with Crippen LogP contribution in [0.4, 0.5) is 0 Å². The van der Waals surface area contributed by atoms with Crippen molar-refractivity contribution in [3.63, 3.8) is 0 Å². The minimum absolute atomic E-state index is 0.536. The average Bonchev–Trinajstić information content (AvgIpc) is 3.04. The average molecular weight is 272 g/mol. The van der Waals surface area contributed by atoms with E-state index in [-0.39, 0.29) is 0 Å². The summed E-state index contributed by atoms with van der Waals surface area (Å²) < 4.78 is 1.56. The molecule has 0 radical (unpaired) electrons. The Balaban J connectivity index is 2.08.